The number of hydrogen-bond acceptors (Lipinski definition) is 2. The van der Waals surface area contributed by atoms with Crippen molar-refractivity contribution in [2.75, 3.05) is 0 Å². The van der Waals surface area contributed by atoms with Crippen molar-refractivity contribution < 1.29 is 5.11 Å². The van der Waals surface area contributed by atoms with Crippen molar-refractivity contribution in [2.45, 2.75) is 6.61 Å². The van der Waals surface area contributed by atoms with Crippen LogP contribution in [-0.2, 0) is 6.61 Å². The average Bonchev–Trinajstić information content (AvgIpc) is 2.70. The molecule has 4 heteroatoms. The lowest BCUT2D eigenvalue weighted by Crippen LogP contribution is -1.99. The smallest absolute Gasteiger partial charge is 0.0711 e. The minimum atomic E-state index is 0.0163. The predicted molar refractivity (Wildman–Crippen MR) is 57.2 cm³/mol. The van der Waals surface area contributed by atoms with Crippen molar-refractivity contribution in [1.82, 2.24) is 9.78 Å². The maximum atomic E-state index is 9.15. The van der Waals surface area contributed by atoms with E-state index in [0.717, 1.165) is 15.7 Å². The Morgan fingerprint density at radius 1 is 1.43 bits per heavy atom. The average molecular weight is 253 g/mol. The number of aliphatic hydroxyl groups excluding tert-OH is 1. The Morgan fingerprint density at radius 2 is 2.29 bits per heavy atom. The summed E-state index contributed by atoms with van der Waals surface area (Å²) in [7, 11) is 0. The van der Waals surface area contributed by atoms with E-state index in [4.69, 9.17) is 5.11 Å². The Kier molecular flexibility index (Phi) is 2.65. The number of aliphatic hydroxyl groups is 1. The third-order valence-corrected chi connectivity index (χ3v) is 2.46. The van der Waals surface area contributed by atoms with Crippen molar-refractivity contribution in [2.24, 2.45) is 0 Å². The van der Waals surface area contributed by atoms with E-state index >= 15 is 0 Å². The lowest BCUT2D eigenvalue weighted by Gasteiger charge is -2.07. The lowest BCUT2D eigenvalue weighted by molar-refractivity contribution is 0.281. The summed E-state index contributed by atoms with van der Waals surface area (Å²) in [6, 6.07) is 7.56. The Morgan fingerprint density at radius 3 is 2.93 bits per heavy atom. The largest absolute Gasteiger partial charge is 0.392 e. The third kappa shape index (κ3) is 1.71. The molecule has 0 aliphatic rings. The molecule has 0 bridgehead atoms. The monoisotopic (exact) mass is 252 g/mol. The van der Waals surface area contributed by atoms with Crippen LogP contribution in [0, 0.1) is 0 Å². The molecule has 0 atom stereocenters. The van der Waals surface area contributed by atoms with Gasteiger partial charge in [-0.2, -0.15) is 5.10 Å². The van der Waals surface area contributed by atoms with Gasteiger partial charge in [-0.25, -0.2) is 4.68 Å². The SMILES string of the molecule is OCc1ccc(Br)cc1-n1cccn1. The molecule has 2 aromatic rings. The van der Waals surface area contributed by atoms with Crippen molar-refractivity contribution in [3.8, 4) is 5.69 Å². The molecule has 0 saturated heterocycles. The van der Waals surface area contributed by atoms with Crippen molar-refractivity contribution in [1.29, 1.82) is 0 Å². The molecule has 0 saturated carbocycles. The van der Waals surface area contributed by atoms with Gasteiger partial charge in [0.1, 0.15) is 0 Å². The van der Waals surface area contributed by atoms with Crippen LogP contribution in [0.2, 0.25) is 0 Å². The van der Waals surface area contributed by atoms with Crippen LogP contribution in [0.3, 0.4) is 0 Å². The van der Waals surface area contributed by atoms with Gasteiger partial charge in [0, 0.05) is 22.4 Å². The second kappa shape index (κ2) is 3.94. The zero-order chi connectivity index (χ0) is 9.97. The molecule has 3 nitrogen and oxygen atoms in total. The topological polar surface area (TPSA) is 38.0 Å². The Labute approximate surface area is 90.1 Å². The summed E-state index contributed by atoms with van der Waals surface area (Å²) >= 11 is 3.39. The molecule has 1 heterocycles. The van der Waals surface area contributed by atoms with Crippen LogP contribution in [-0.4, -0.2) is 14.9 Å². The quantitative estimate of drug-likeness (QED) is 0.890. The first-order valence-corrected chi connectivity index (χ1v) is 5.00. The summed E-state index contributed by atoms with van der Waals surface area (Å²) in [5.74, 6) is 0. The highest BCUT2D eigenvalue weighted by molar-refractivity contribution is 9.10. The molecule has 0 fully saturated rings. The third-order valence-electron chi connectivity index (χ3n) is 1.97. The molecule has 2 rings (SSSR count). The molecule has 14 heavy (non-hydrogen) atoms. The Hall–Kier alpha value is -1.13. The molecule has 0 spiro atoms. The molecule has 72 valence electrons. The molecule has 1 aromatic carbocycles. The van der Waals surface area contributed by atoms with Gasteiger partial charge in [-0.3, -0.25) is 0 Å². The van der Waals surface area contributed by atoms with Crippen molar-refractivity contribution in [3.63, 3.8) is 0 Å². The van der Waals surface area contributed by atoms with Crippen LogP contribution < -0.4 is 0 Å². The van der Waals surface area contributed by atoms with Gasteiger partial charge in [0.2, 0.25) is 0 Å². The van der Waals surface area contributed by atoms with Crippen LogP contribution in [0.1, 0.15) is 5.56 Å². The first-order valence-electron chi connectivity index (χ1n) is 4.20. The zero-order valence-electron chi connectivity index (χ0n) is 7.39. The van der Waals surface area contributed by atoms with E-state index in [2.05, 4.69) is 21.0 Å². The molecule has 1 aromatic heterocycles. The van der Waals surface area contributed by atoms with Gasteiger partial charge < -0.3 is 5.11 Å². The number of benzene rings is 1. The number of rotatable bonds is 2. The summed E-state index contributed by atoms with van der Waals surface area (Å²) in [6.45, 7) is 0.0163. The van der Waals surface area contributed by atoms with Crippen LogP contribution >= 0.6 is 15.9 Å². The number of halogens is 1. The Balaban J connectivity index is 2.55. The van der Waals surface area contributed by atoms with Crippen molar-refractivity contribution in [3.05, 3.63) is 46.7 Å². The van der Waals surface area contributed by atoms with Crippen molar-refractivity contribution >= 4 is 15.9 Å². The van der Waals surface area contributed by atoms with Gasteiger partial charge in [-0.15, -0.1) is 0 Å². The van der Waals surface area contributed by atoms with E-state index in [1.54, 1.807) is 10.9 Å². The van der Waals surface area contributed by atoms with E-state index < -0.39 is 0 Å². The fourth-order valence-corrected chi connectivity index (χ4v) is 1.64. The number of aromatic nitrogens is 2. The van der Waals surface area contributed by atoms with Gasteiger partial charge in [0.15, 0.2) is 0 Å². The molecule has 0 aliphatic heterocycles. The van der Waals surface area contributed by atoms with Gasteiger partial charge in [0.05, 0.1) is 12.3 Å². The summed E-state index contributed by atoms with van der Waals surface area (Å²) in [5, 5.41) is 13.3. The Bertz CT molecular complexity index is 426. The van der Waals surface area contributed by atoms with E-state index in [9.17, 15) is 0 Å². The molecule has 0 radical (unpaired) electrons. The summed E-state index contributed by atoms with van der Waals surface area (Å²) in [6.07, 6.45) is 3.56. The van der Waals surface area contributed by atoms with Gasteiger partial charge in [-0.1, -0.05) is 22.0 Å². The van der Waals surface area contributed by atoms with E-state index in [1.807, 2.05) is 30.5 Å². The van der Waals surface area contributed by atoms with Gasteiger partial charge in [0.25, 0.3) is 0 Å². The van der Waals surface area contributed by atoms with Gasteiger partial charge in [-0.05, 0) is 18.2 Å². The second-order valence-corrected chi connectivity index (χ2v) is 3.80. The highest BCUT2D eigenvalue weighted by Crippen LogP contribution is 2.19. The minimum Gasteiger partial charge on any atom is -0.392 e. The lowest BCUT2D eigenvalue weighted by atomic mass is 10.2. The number of nitrogens with zero attached hydrogens (tertiary/aromatic N) is 2. The molecule has 1 N–H and O–H groups in total. The predicted octanol–water partition coefficient (Wildman–Crippen LogP) is 2.13. The van der Waals surface area contributed by atoms with Crippen LogP contribution in [0.25, 0.3) is 5.69 Å². The fraction of sp³-hybridized carbons (Fsp3) is 0.100. The fourth-order valence-electron chi connectivity index (χ4n) is 1.30. The zero-order valence-corrected chi connectivity index (χ0v) is 8.98. The summed E-state index contributed by atoms with van der Waals surface area (Å²) in [5.41, 5.74) is 1.75. The maximum Gasteiger partial charge on any atom is 0.0711 e. The number of hydrogen-bond donors (Lipinski definition) is 1. The first kappa shape index (κ1) is 9.43. The molecule has 0 aliphatic carbocycles. The highest BCUT2D eigenvalue weighted by atomic mass is 79.9. The van der Waals surface area contributed by atoms with E-state index in [1.165, 1.54) is 0 Å². The van der Waals surface area contributed by atoms with Gasteiger partial charge >= 0.3 is 0 Å². The minimum absolute atomic E-state index is 0.0163. The highest BCUT2D eigenvalue weighted by Gasteiger charge is 2.04. The molecular weight excluding hydrogens is 244 g/mol. The standard InChI is InChI=1S/C10H9BrN2O/c11-9-3-2-8(7-14)10(6-9)13-5-1-4-12-13/h1-6,14H,7H2. The van der Waals surface area contributed by atoms with E-state index in [0.29, 0.717) is 0 Å². The second-order valence-electron chi connectivity index (χ2n) is 2.88. The molecule has 0 amide bonds. The normalized spacial score (nSPS) is 10.4. The first-order chi connectivity index (χ1) is 6.81. The van der Waals surface area contributed by atoms with E-state index in [-0.39, 0.29) is 6.61 Å². The van der Waals surface area contributed by atoms with Crippen LogP contribution in [0.15, 0.2) is 41.1 Å². The van der Waals surface area contributed by atoms with Crippen LogP contribution in [0.4, 0.5) is 0 Å². The molecule has 0 unspecified atom stereocenters. The van der Waals surface area contributed by atoms with Crippen LogP contribution in [0.5, 0.6) is 0 Å². The summed E-state index contributed by atoms with van der Waals surface area (Å²) in [4.78, 5) is 0. The summed E-state index contributed by atoms with van der Waals surface area (Å²) < 4.78 is 2.70. The molecular formula is C10H9BrN2O. The maximum absolute atomic E-state index is 9.15.